The van der Waals surface area contributed by atoms with Crippen molar-refractivity contribution >= 4 is 10.8 Å². The molecule has 0 spiro atoms. The van der Waals surface area contributed by atoms with E-state index in [1.54, 1.807) is 12.4 Å². The van der Waals surface area contributed by atoms with Gasteiger partial charge < -0.3 is 5.11 Å². The van der Waals surface area contributed by atoms with Crippen LogP contribution in [0.5, 0.6) is 0 Å². The molecule has 94 valence electrons. The molecule has 19 heavy (non-hydrogen) atoms. The van der Waals surface area contributed by atoms with Gasteiger partial charge in [-0.2, -0.15) is 0 Å². The summed E-state index contributed by atoms with van der Waals surface area (Å²) in [6.45, 7) is 1.97. The number of aromatic nitrogens is 1. The molecule has 0 aliphatic carbocycles. The minimum absolute atomic E-state index is 0.617. The predicted octanol–water partition coefficient (Wildman–Crippen LogP) is 3.62. The maximum absolute atomic E-state index is 10.6. The molecular weight excluding hydrogens is 234 g/mol. The number of hydrogen-bond acceptors (Lipinski definition) is 2. The van der Waals surface area contributed by atoms with Gasteiger partial charge in [-0.25, -0.2) is 0 Å². The van der Waals surface area contributed by atoms with Gasteiger partial charge in [0.2, 0.25) is 0 Å². The summed E-state index contributed by atoms with van der Waals surface area (Å²) in [7, 11) is 0. The highest BCUT2D eigenvalue weighted by Gasteiger charge is 2.14. The second kappa shape index (κ2) is 4.82. The first kappa shape index (κ1) is 11.9. The SMILES string of the molecule is Cc1cnccc1C(O)c1cccc2ccccc12. The van der Waals surface area contributed by atoms with Crippen molar-refractivity contribution in [3.63, 3.8) is 0 Å². The summed E-state index contributed by atoms with van der Waals surface area (Å²) in [4.78, 5) is 4.07. The summed E-state index contributed by atoms with van der Waals surface area (Å²) in [5.41, 5.74) is 2.85. The molecule has 3 rings (SSSR count). The van der Waals surface area contributed by atoms with Gasteiger partial charge in [0.05, 0.1) is 0 Å². The second-order valence-corrected chi connectivity index (χ2v) is 4.70. The van der Waals surface area contributed by atoms with E-state index in [0.29, 0.717) is 0 Å². The van der Waals surface area contributed by atoms with Gasteiger partial charge in [-0.15, -0.1) is 0 Å². The molecule has 0 aliphatic heterocycles. The molecule has 1 heterocycles. The highest BCUT2D eigenvalue weighted by molar-refractivity contribution is 5.86. The van der Waals surface area contributed by atoms with E-state index < -0.39 is 6.10 Å². The fraction of sp³-hybridized carbons (Fsp3) is 0.118. The zero-order valence-corrected chi connectivity index (χ0v) is 10.7. The molecule has 0 saturated carbocycles. The number of hydrogen-bond donors (Lipinski definition) is 1. The number of benzene rings is 2. The first-order chi connectivity index (χ1) is 9.27. The van der Waals surface area contributed by atoms with Crippen molar-refractivity contribution in [3.8, 4) is 0 Å². The zero-order valence-electron chi connectivity index (χ0n) is 10.7. The lowest BCUT2D eigenvalue weighted by Crippen LogP contribution is -2.03. The Morgan fingerprint density at radius 3 is 2.58 bits per heavy atom. The molecule has 0 saturated heterocycles. The molecule has 2 heteroatoms. The standard InChI is InChI=1S/C17H15NO/c1-12-11-18-10-9-14(12)17(19)16-8-4-6-13-5-2-3-7-15(13)16/h2-11,17,19H,1H3. The Kier molecular flexibility index (Phi) is 3.02. The van der Waals surface area contributed by atoms with E-state index in [4.69, 9.17) is 0 Å². The quantitative estimate of drug-likeness (QED) is 0.752. The normalized spacial score (nSPS) is 12.5. The monoisotopic (exact) mass is 249 g/mol. The number of aliphatic hydroxyl groups is 1. The molecule has 2 aromatic carbocycles. The fourth-order valence-electron chi connectivity index (χ4n) is 2.45. The second-order valence-electron chi connectivity index (χ2n) is 4.70. The molecule has 0 aliphatic rings. The van der Waals surface area contributed by atoms with Crippen molar-refractivity contribution in [3.05, 3.63) is 77.6 Å². The van der Waals surface area contributed by atoms with Crippen molar-refractivity contribution < 1.29 is 5.11 Å². The summed E-state index contributed by atoms with van der Waals surface area (Å²) >= 11 is 0. The largest absolute Gasteiger partial charge is 0.384 e. The average molecular weight is 249 g/mol. The summed E-state index contributed by atoms with van der Waals surface area (Å²) in [5, 5.41) is 12.9. The van der Waals surface area contributed by atoms with Crippen LogP contribution in [0.15, 0.2) is 60.9 Å². The van der Waals surface area contributed by atoms with E-state index in [2.05, 4.69) is 17.1 Å². The molecule has 1 N–H and O–H groups in total. The van der Waals surface area contributed by atoms with E-state index >= 15 is 0 Å². The fourth-order valence-corrected chi connectivity index (χ4v) is 2.45. The molecule has 0 fully saturated rings. The molecule has 1 unspecified atom stereocenters. The molecule has 2 nitrogen and oxygen atoms in total. The van der Waals surface area contributed by atoms with Crippen LogP contribution in [0.25, 0.3) is 10.8 Å². The lowest BCUT2D eigenvalue weighted by Gasteiger charge is -2.16. The Balaban J connectivity index is 2.17. The van der Waals surface area contributed by atoms with Crippen molar-refractivity contribution in [1.82, 2.24) is 4.98 Å². The summed E-state index contributed by atoms with van der Waals surface area (Å²) < 4.78 is 0. The molecule has 0 radical (unpaired) electrons. The third-order valence-corrected chi connectivity index (χ3v) is 3.48. The van der Waals surface area contributed by atoms with Crippen molar-refractivity contribution in [1.29, 1.82) is 0 Å². The number of rotatable bonds is 2. The first-order valence-corrected chi connectivity index (χ1v) is 6.33. The van der Waals surface area contributed by atoms with Gasteiger partial charge in [-0.3, -0.25) is 4.98 Å². The topological polar surface area (TPSA) is 33.1 Å². The molecule has 0 bridgehead atoms. The Hall–Kier alpha value is -2.19. The summed E-state index contributed by atoms with van der Waals surface area (Å²) in [6.07, 6.45) is 2.88. The van der Waals surface area contributed by atoms with E-state index in [1.807, 2.05) is 43.3 Å². The van der Waals surface area contributed by atoms with E-state index in [9.17, 15) is 5.11 Å². The number of aliphatic hydroxyl groups excluding tert-OH is 1. The van der Waals surface area contributed by atoms with Crippen LogP contribution >= 0.6 is 0 Å². The Morgan fingerprint density at radius 1 is 0.947 bits per heavy atom. The Labute approximate surface area is 112 Å². The minimum Gasteiger partial charge on any atom is -0.384 e. The van der Waals surface area contributed by atoms with E-state index in [-0.39, 0.29) is 0 Å². The zero-order chi connectivity index (χ0) is 13.2. The van der Waals surface area contributed by atoms with E-state index in [1.165, 1.54) is 0 Å². The minimum atomic E-state index is -0.617. The molecule has 0 amide bonds. The van der Waals surface area contributed by atoms with E-state index in [0.717, 1.165) is 27.5 Å². The third-order valence-electron chi connectivity index (χ3n) is 3.48. The number of nitrogens with zero attached hydrogens (tertiary/aromatic N) is 1. The van der Waals surface area contributed by atoms with Gasteiger partial charge in [-0.1, -0.05) is 42.5 Å². The Bertz CT molecular complexity index is 716. The molecule has 1 aromatic heterocycles. The third kappa shape index (κ3) is 2.11. The predicted molar refractivity (Wildman–Crippen MR) is 77.0 cm³/mol. The number of aryl methyl sites for hydroxylation is 1. The summed E-state index contributed by atoms with van der Waals surface area (Å²) in [5.74, 6) is 0. The van der Waals surface area contributed by atoms with Crippen LogP contribution in [0.3, 0.4) is 0 Å². The average Bonchev–Trinajstić information content (AvgIpc) is 2.46. The van der Waals surface area contributed by atoms with Crippen molar-refractivity contribution in [2.24, 2.45) is 0 Å². The van der Waals surface area contributed by atoms with Gasteiger partial charge in [0, 0.05) is 12.4 Å². The molecule has 1 atom stereocenters. The van der Waals surface area contributed by atoms with Gasteiger partial charge >= 0.3 is 0 Å². The van der Waals surface area contributed by atoms with Gasteiger partial charge in [0.1, 0.15) is 6.10 Å². The van der Waals surface area contributed by atoms with Crippen LogP contribution in [0, 0.1) is 6.92 Å². The highest BCUT2D eigenvalue weighted by atomic mass is 16.3. The molecule has 3 aromatic rings. The van der Waals surface area contributed by atoms with Crippen LogP contribution in [0.2, 0.25) is 0 Å². The Morgan fingerprint density at radius 2 is 1.74 bits per heavy atom. The van der Waals surface area contributed by atoms with Gasteiger partial charge in [-0.05, 0) is 40.5 Å². The van der Waals surface area contributed by atoms with Crippen LogP contribution in [-0.2, 0) is 0 Å². The number of pyridine rings is 1. The van der Waals surface area contributed by atoms with Crippen LogP contribution in [0.1, 0.15) is 22.8 Å². The molecular formula is C17H15NO. The smallest absolute Gasteiger partial charge is 0.105 e. The lowest BCUT2D eigenvalue weighted by atomic mass is 9.94. The van der Waals surface area contributed by atoms with Crippen molar-refractivity contribution in [2.75, 3.05) is 0 Å². The maximum Gasteiger partial charge on any atom is 0.105 e. The maximum atomic E-state index is 10.6. The van der Waals surface area contributed by atoms with Gasteiger partial charge in [0.25, 0.3) is 0 Å². The van der Waals surface area contributed by atoms with Crippen LogP contribution in [0.4, 0.5) is 0 Å². The highest BCUT2D eigenvalue weighted by Crippen LogP contribution is 2.29. The lowest BCUT2D eigenvalue weighted by molar-refractivity contribution is 0.221. The first-order valence-electron chi connectivity index (χ1n) is 6.33. The van der Waals surface area contributed by atoms with Gasteiger partial charge in [0.15, 0.2) is 0 Å². The number of fused-ring (bicyclic) bond motifs is 1. The van der Waals surface area contributed by atoms with Crippen LogP contribution in [-0.4, -0.2) is 10.1 Å². The summed E-state index contributed by atoms with van der Waals surface area (Å²) in [6, 6.07) is 16.0. The van der Waals surface area contributed by atoms with Crippen molar-refractivity contribution in [2.45, 2.75) is 13.0 Å². The van der Waals surface area contributed by atoms with Crippen LogP contribution < -0.4 is 0 Å².